The summed E-state index contributed by atoms with van der Waals surface area (Å²) in [6.45, 7) is 0. The van der Waals surface area contributed by atoms with Crippen LogP contribution in [0.4, 0.5) is 5.69 Å². The summed E-state index contributed by atoms with van der Waals surface area (Å²) in [5, 5.41) is 13.8. The topological polar surface area (TPSA) is 94.0 Å². The predicted octanol–water partition coefficient (Wildman–Crippen LogP) is 1.92. The van der Waals surface area contributed by atoms with Crippen LogP contribution in [-0.2, 0) is 7.05 Å². The van der Waals surface area contributed by atoms with Crippen LogP contribution in [0.25, 0.3) is 22.2 Å². The summed E-state index contributed by atoms with van der Waals surface area (Å²) in [6.07, 6.45) is 1.63. The molecule has 20 heavy (non-hydrogen) atoms. The minimum Gasteiger partial charge on any atom is -0.476 e. The molecular weight excluding hydrogens is 256 g/mol. The monoisotopic (exact) mass is 268 g/mol. The molecule has 3 N–H and O–H groups in total. The molecule has 0 aliphatic rings. The summed E-state index contributed by atoms with van der Waals surface area (Å²) in [4.78, 5) is 15.5. The van der Waals surface area contributed by atoms with Crippen molar-refractivity contribution in [3.63, 3.8) is 0 Å². The Hall–Kier alpha value is -2.89. The summed E-state index contributed by atoms with van der Waals surface area (Å²) < 4.78 is 1.47. The van der Waals surface area contributed by atoms with Crippen LogP contribution in [0.15, 0.2) is 36.5 Å². The number of carboxylic acids is 1. The summed E-state index contributed by atoms with van der Waals surface area (Å²) in [6, 6.07) is 9.05. The zero-order valence-electron chi connectivity index (χ0n) is 10.7. The molecule has 0 atom stereocenters. The average molecular weight is 268 g/mol. The molecule has 6 heteroatoms. The molecule has 6 nitrogen and oxygen atoms in total. The number of fused-ring (bicyclic) bond motifs is 1. The molecule has 0 saturated carbocycles. The number of aryl methyl sites for hydroxylation is 1. The number of hydrogen-bond acceptors (Lipinski definition) is 4. The molecule has 0 radical (unpaired) electrons. The normalized spacial score (nSPS) is 10.8. The van der Waals surface area contributed by atoms with Crippen LogP contribution in [0, 0.1) is 0 Å². The molecule has 0 spiro atoms. The number of benzene rings is 1. The van der Waals surface area contributed by atoms with Gasteiger partial charge in [-0.25, -0.2) is 14.5 Å². The van der Waals surface area contributed by atoms with E-state index in [0.717, 1.165) is 11.1 Å². The Morgan fingerprint density at radius 2 is 2.15 bits per heavy atom. The van der Waals surface area contributed by atoms with E-state index in [0.29, 0.717) is 16.7 Å². The second-order valence-corrected chi connectivity index (χ2v) is 4.46. The second-order valence-electron chi connectivity index (χ2n) is 4.46. The third-order valence-electron chi connectivity index (χ3n) is 3.12. The van der Waals surface area contributed by atoms with Gasteiger partial charge in [0, 0.05) is 18.9 Å². The maximum absolute atomic E-state index is 11.4. The number of aromatic nitrogens is 3. The molecule has 0 amide bonds. The lowest BCUT2D eigenvalue weighted by atomic mass is 10.0. The Kier molecular flexibility index (Phi) is 2.64. The molecule has 0 bridgehead atoms. The van der Waals surface area contributed by atoms with E-state index < -0.39 is 5.97 Å². The van der Waals surface area contributed by atoms with Crippen molar-refractivity contribution in [2.24, 2.45) is 7.05 Å². The van der Waals surface area contributed by atoms with Crippen molar-refractivity contribution in [1.29, 1.82) is 0 Å². The van der Waals surface area contributed by atoms with Gasteiger partial charge in [0.25, 0.3) is 0 Å². The summed E-state index contributed by atoms with van der Waals surface area (Å²) in [5.74, 6) is -1.08. The van der Waals surface area contributed by atoms with Gasteiger partial charge in [0.05, 0.1) is 5.39 Å². The van der Waals surface area contributed by atoms with Crippen molar-refractivity contribution in [2.45, 2.75) is 0 Å². The van der Waals surface area contributed by atoms with Crippen molar-refractivity contribution >= 4 is 22.7 Å². The summed E-state index contributed by atoms with van der Waals surface area (Å²) in [7, 11) is 1.67. The molecule has 0 saturated heterocycles. The van der Waals surface area contributed by atoms with Gasteiger partial charge in [0.15, 0.2) is 11.3 Å². The number of aromatic carboxylic acids is 1. The second kappa shape index (κ2) is 4.34. The van der Waals surface area contributed by atoms with Gasteiger partial charge in [0.1, 0.15) is 0 Å². The number of carboxylic acid groups (broad SMARTS) is 1. The lowest BCUT2D eigenvalue weighted by Gasteiger charge is -2.05. The SMILES string of the molecule is Cn1nc(C(=O)O)c2c(-c3cccc(N)c3)ccnc21. The minimum absolute atomic E-state index is 0.00646. The Labute approximate surface area is 114 Å². The molecule has 0 aliphatic carbocycles. The van der Waals surface area contributed by atoms with Gasteiger partial charge in [0.2, 0.25) is 0 Å². The first-order chi connectivity index (χ1) is 9.58. The van der Waals surface area contributed by atoms with Crippen LogP contribution in [0.1, 0.15) is 10.5 Å². The van der Waals surface area contributed by atoms with Crippen LogP contribution >= 0.6 is 0 Å². The molecule has 3 aromatic rings. The van der Waals surface area contributed by atoms with Crippen LogP contribution in [0.3, 0.4) is 0 Å². The first-order valence-corrected chi connectivity index (χ1v) is 5.99. The first-order valence-electron chi connectivity index (χ1n) is 5.99. The largest absolute Gasteiger partial charge is 0.476 e. The quantitative estimate of drug-likeness (QED) is 0.692. The Morgan fingerprint density at radius 3 is 2.85 bits per heavy atom. The molecule has 2 aromatic heterocycles. The molecule has 0 aliphatic heterocycles. The fraction of sp³-hybridized carbons (Fsp3) is 0.0714. The van der Waals surface area contributed by atoms with Crippen molar-refractivity contribution in [3.05, 3.63) is 42.2 Å². The number of anilines is 1. The van der Waals surface area contributed by atoms with Gasteiger partial charge in [-0.15, -0.1) is 0 Å². The maximum atomic E-state index is 11.4. The molecule has 100 valence electrons. The van der Waals surface area contributed by atoms with E-state index in [1.54, 1.807) is 31.4 Å². The van der Waals surface area contributed by atoms with Gasteiger partial charge < -0.3 is 10.8 Å². The number of hydrogen-bond donors (Lipinski definition) is 2. The fourth-order valence-electron chi connectivity index (χ4n) is 2.27. The third-order valence-corrected chi connectivity index (χ3v) is 3.12. The number of pyridine rings is 1. The van der Waals surface area contributed by atoms with E-state index >= 15 is 0 Å². The summed E-state index contributed by atoms with van der Waals surface area (Å²) >= 11 is 0. The van der Waals surface area contributed by atoms with Gasteiger partial charge in [-0.3, -0.25) is 0 Å². The van der Waals surface area contributed by atoms with Gasteiger partial charge in [-0.05, 0) is 29.3 Å². The number of nitrogen functional groups attached to an aromatic ring is 1. The van der Waals surface area contributed by atoms with Gasteiger partial charge in [-0.2, -0.15) is 5.10 Å². The standard InChI is InChI=1S/C14H12N4O2/c1-18-13-11(12(17-18)14(19)20)10(5-6-16-13)8-3-2-4-9(15)7-8/h2-7H,15H2,1H3,(H,19,20). The highest BCUT2D eigenvalue weighted by molar-refractivity contribution is 6.07. The van der Waals surface area contributed by atoms with Gasteiger partial charge >= 0.3 is 5.97 Å². The molecule has 0 fully saturated rings. The summed E-state index contributed by atoms with van der Waals surface area (Å²) in [5.41, 5.74) is 8.53. The highest BCUT2D eigenvalue weighted by Gasteiger charge is 2.19. The zero-order valence-corrected chi connectivity index (χ0v) is 10.7. The Bertz CT molecular complexity index is 823. The Balaban J connectivity index is 2.39. The van der Waals surface area contributed by atoms with Crippen LogP contribution in [-0.4, -0.2) is 25.8 Å². The number of carbonyl (C=O) groups is 1. The van der Waals surface area contributed by atoms with Crippen molar-refractivity contribution in [2.75, 3.05) is 5.73 Å². The van der Waals surface area contributed by atoms with E-state index in [9.17, 15) is 9.90 Å². The lowest BCUT2D eigenvalue weighted by molar-refractivity contribution is 0.0691. The molecular formula is C14H12N4O2. The highest BCUT2D eigenvalue weighted by Crippen LogP contribution is 2.30. The van der Waals surface area contributed by atoms with E-state index in [1.807, 2.05) is 12.1 Å². The van der Waals surface area contributed by atoms with E-state index in [2.05, 4.69) is 10.1 Å². The van der Waals surface area contributed by atoms with E-state index in [4.69, 9.17) is 5.73 Å². The lowest BCUT2D eigenvalue weighted by Crippen LogP contribution is -1.99. The molecule has 2 heterocycles. The van der Waals surface area contributed by atoms with Gasteiger partial charge in [-0.1, -0.05) is 12.1 Å². The fourth-order valence-corrected chi connectivity index (χ4v) is 2.27. The number of nitrogens with zero attached hydrogens (tertiary/aromatic N) is 3. The van der Waals surface area contributed by atoms with E-state index in [-0.39, 0.29) is 5.69 Å². The van der Waals surface area contributed by atoms with Crippen LogP contribution < -0.4 is 5.73 Å². The predicted molar refractivity (Wildman–Crippen MR) is 75.3 cm³/mol. The highest BCUT2D eigenvalue weighted by atomic mass is 16.4. The van der Waals surface area contributed by atoms with Crippen molar-refractivity contribution < 1.29 is 9.90 Å². The maximum Gasteiger partial charge on any atom is 0.357 e. The number of nitrogens with two attached hydrogens (primary N) is 1. The molecule has 1 aromatic carbocycles. The number of rotatable bonds is 2. The first kappa shape index (κ1) is 12.2. The van der Waals surface area contributed by atoms with Crippen molar-refractivity contribution in [3.8, 4) is 11.1 Å². The molecule has 3 rings (SSSR count). The zero-order chi connectivity index (χ0) is 14.3. The van der Waals surface area contributed by atoms with E-state index in [1.165, 1.54) is 4.68 Å². The third kappa shape index (κ3) is 1.78. The molecule has 0 unspecified atom stereocenters. The van der Waals surface area contributed by atoms with Crippen LogP contribution in [0.2, 0.25) is 0 Å². The average Bonchev–Trinajstić information content (AvgIpc) is 2.77. The van der Waals surface area contributed by atoms with Crippen LogP contribution in [0.5, 0.6) is 0 Å². The van der Waals surface area contributed by atoms with Crippen molar-refractivity contribution in [1.82, 2.24) is 14.8 Å². The minimum atomic E-state index is -1.08. The smallest absolute Gasteiger partial charge is 0.357 e. The Morgan fingerprint density at radius 1 is 1.35 bits per heavy atom.